The van der Waals surface area contributed by atoms with Crippen LogP contribution in [0.2, 0.25) is 0 Å². The molecule has 1 fully saturated rings. The third kappa shape index (κ3) is 3.83. The summed E-state index contributed by atoms with van der Waals surface area (Å²) < 4.78 is 13.2. The third-order valence-corrected chi connectivity index (χ3v) is 4.29. The number of aliphatic hydroxyl groups is 1. The smallest absolute Gasteiger partial charge is 0.0949 e. The molecule has 3 rings (SSSR count). The number of aryl methyl sites for hydroxylation is 1. The minimum absolute atomic E-state index is 0.225. The van der Waals surface area contributed by atoms with Crippen LogP contribution < -0.4 is 0 Å². The molecule has 2 aliphatic heterocycles. The molecule has 0 amide bonds. The Morgan fingerprint density at radius 2 is 2.48 bits per heavy atom. The Labute approximate surface area is 125 Å². The molecule has 0 radical (unpaired) electrons. The van der Waals surface area contributed by atoms with Crippen molar-refractivity contribution in [3.05, 3.63) is 17.7 Å². The van der Waals surface area contributed by atoms with Crippen LogP contribution in [-0.4, -0.2) is 64.7 Å². The summed E-state index contributed by atoms with van der Waals surface area (Å²) in [6.45, 7) is 4.25. The number of aromatic nitrogens is 2. The van der Waals surface area contributed by atoms with Crippen molar-refractivity contribution in [1.82, 2.24) is 14.5 Å². The molecule has 0 spiro atoms. The van der Waals surface area contributed by atoms with Gasteiger partial charge in [0.2, 0.25) is 0 Å². The van der Waals surface area contributed by atoms with E-state index in [1.54, 1.807) is 0 Å². The van der Waals surface area contributed by atoms with E-state index in [-0.39, 0.29) is 6.10 Å². The molecular weight excluding hydrogens is 270 g/mol. The van der Waals surface area contributed by atoms with Gasteiger partial charge in [-0.05, 0) is 12.8 Å². The number of hydrogen-bond acceptors (Lipinski definition) is 5. The zero-order valence-corrected chi connectivity index (χ0v) is 12.7. The van der Waals surface area contributed by atoms with E-state index in [2.05, 4.69) is 14.5 Å². The largest absolute Gasteiger partial charge is 0.389 e. The molecule has 3 heterocycles. The highest BCUT2D eigenvalue weighted by molar-refractivity contribution is 5.16. The average molecular weight is 295 g/mol. The van der Waals surface area contributed by atoms with Gasteiger partial charge >= 0.3 is 0 Å². The van der Waals surface area contributed by atoms with Gasteiger partial charge in [0.15, 0.2) is 0 Å². The highest BCUT2D eigenvalue weighted by Crippen LogP contribution is 2.17. The Bertz CT molecular complexity index is 457. The fourth-order valence-corrected chi connectivity index (χ4v) is 3.13. The normalized spacial score (nSPS) is 24.2. The fourth-order valence-electron chi connectivity index (χ4n) is 3.13. The van der Waals surface area contributed by atoms with Crippen LogP contribution >= 0.6 is 0 Å². The first-order chi connectivity index (χ1) is 10.2. The van der Waals surface area contributed by atoms with Gasteiger partial charge in [-0.3, -0.25) is 4.90 Å². The van der Waals surface area contributed by atoms with Gasteiger partial charge in [0.05, 0.1) is 37.4 Å². The van der Waals surface area contributed by atoms with Gasteiger partial charge < -0.3 is 19.1 Å². The number of imidazole rings is 1. The number of fused-ring (bicyclic) bond motifs is 1. The number of rotatable bonds is 6. The second-order valence-electron chi connectivity index (χ2n) is 6.06. The summed E-state index contributed by atoms with van der Waals surface area (Å²) >= 11 is 0. The van der Waals surface area contributed by atoms with E-state index in [0.717, 1.165) is 44.7 Å². The van der Waals surface area contributed by atoms with Gasteiger partial charge in [0.1, 0.15) is 0 Å². The molecule has 0 aromatic carbocycles. The summed E-state index contributed by atoms with van der Waals surface area (Å²) in [5, 5.41) is 10.1. The van der Waals surface area contributed by atoms with E-state index in [4.69, 9.17) is 9.47 Å². The maximum Gasteiger partial charge on any atom is 0.0949 e. The van der Waals surface area contributed by atoms with Crippen LogP contribution in [0.25, 0.3) is 0 Å². The van der Waals surface area contributed by atoms with Crippen molar-refractivity contribution < 1.29 is 14.6 Å². The molecule has 6 heteroatoms. The van der Waals surface area contributed by atoms with Crippen LogP contribution in [0.3, 0.4) is 0 Å². The van der Waals surface area contributed by atoms with E-state index in [0.29, 0.717) is 19.8 Å². The Hall–Kier alpha value is -0.950. The van der Waals surface area contributed by atoms with E-state index >= 15 is 0 Å². The first-order valence-corrected chi connectivity index (χ1v) is 7.81. The molecule has 118 valence electrons. The summed E-state index contributed by atoms with van der Waals surface area (Å²) in [4.78, 5) is 6.67. The fraction of sp³-hybridized carbons (Fsp3) is 0.800. The van der Waals surface area contributed by atoms with Crippen LogP contribution in [0, 0.1) is 0 Å². The number of hydrogen-bond donors (Lipinski definition) is 1. The molecular formula is C15H25N3O3. The van der Waals surface area contributed by atoms with E-state index in [1.807, 2.05) is 13.4 Å². The molecule has 0 unspecified atom stereocenters. The lowest BCUT2D eigenvalue weighted by Crippen LogP contribution is -2.39. The quantitative estimate of drug-likeness (QED) is 0.820. The van der Waals surface area contributed by atoms with Gasteiger partial charge in [0.25, 0.3) is 0 Å². The highest BCUT2D eigenvalue weighted by Gasteiger charge is 2.22. The summed E-state index contributed by atoms with van der Waals surface area (Å²) in [5.74, 6) is 0. The topological polar surface area (TPSA) is 59.8 Å². The van der Waals surface area contributed by atoms with Crippen LogP contribution in [0.5, 0.6) is 0 Å². The first kappa shape index (κ1) is 15.0. The van der Waals surface area contributed by atoms with Crippen molar-refractivity contribution in [3.63, 3.8) is 0 Å². The average Bonchev–Trinajstić information content (AvgIpc) is 3.09. The minimum atomic E-state index is -0.448. The standard InChI is InChI=1S/C15H25N3O3/c1-17-11-16-14-8-18(5-4-15(14)17)7-12(19)9-20-10-13-3-2-6-21-13/h11-13,19H,2-10H2,1H3/t12-,13+/m1/s1. The summed E-state index contributed by atoms with van der Waals surface area (Å²) in [7, 11) is 2.04. The molecule has 1 aromatic rings. The highest BCUT2D eigenvalue weighted by atomic mass is 16.5. The predicted molar refractivity (Wildman–Crippen MR) is 78.0 cm³/mol. The first-order valence-electron chi connectivity index (χ1n) is 7.81. The lowest BCUT2D eigenvalue weighted by atomic mass is 10.1. The molecule has 2 atom stereocenters. The number of aliphatic hydroxyl groups excluding tert-OH is 1. The van der Waals surface area contributed by atoms with Gasteiger partial charge in [-0.25, -0.2) is 4.98 Å². The Kier molecular flexibility index (Phi) is 4.90. The summed E-state index contributed by atoms with van der Waals surface area (Å²) in [5.41, 5.74) is 2.45. The van der Waals surface area contributed by atoms with E-state index in [9.17, 15) is 5.11 Å². The number of nitrogens with zero attached hydrogens (tertiary/aromatic N) is 3. The van der Waals surface area contributed by atoms with Crippen molar-refractivity contribution in [1.29, 1.82) is 0 Å². The van der Waals surface area contributed by atoms with Gasteiger partial charge in [0, 0.05) is 45.4 Å². The second-order valence-corrected chi connectivity index (χ2v) is 6.06. The molecule has 21 heavy (non-hydrogen) atoms. The zero-order chi connectivity index (χ0) is 14.7. The van der Waals surface area contributed by atoms with Crippen LogP contribution in [-0.2, 0) is 29.5 Å². The predicted octanol–water partition coefficient (Wildman–Crippen LogP) is 0.335. The number of β-amino-alcohol motifs (C(OH)–C–C–N with tert-alkyl or cyclic N) is 1. The van der Waals surface area contributed by atoms with Gasteiger partial charge in [-0.1, -0.05) is 0 Å². The van der Waals surface area contributed by atoms with Crippen molar-refractivity contribution in [2.45, 2.75) is 38.0 Å². The van der Waals surface area contributed by atoms with E-state index < -0.39 is 6.10 Å². The summed E-state index contributed by atoms with van der Waals surface area (Å²) in [6.07, 6.45) is 4.84. The van der Waals surface area contributed by atoms with E-state index in [1.165, 1.54) is 5.69 Å². The van der Waals surface area contributed by atoms with Gasteiger partial charge in [-0.2, -0.15) is 0 Å². The van der Waals surface area contributed by atoms with Gasteiger partial charge in [-0.15, -0.1) is 0 Å². The molecule has 0 aliphatic carbocycles. The van der Waals surface area contributed by atoms with Crippen molar-refractivity contribution in [2.24, 2.45) is 7.05 Å². The Morgan fingerprint density at radius 3 is 3.29 bits per heavy atom. The van der Waals surface area contributed by atoms with Crippen molar-refractivity contribution in [2.75, 3.05) is 32.9 Å². The van der Waals surface area contributed by atoms with Crippen LogP contribution in [0.15, 0.2) is 6.33 Å². The van der Waals surface area contributed by atoms with Crippen molar-refractivity contribution >= 4 is 0 Å². The van der Waals surface area contributed by atoms with Crippen LogP contribution in [0.4, 0.5) is 0 Å². The van der Waals surface area contributed by atoms with Crippen LogP contribution in [0.1, 0.15) is 24.2 Å². The third-order valence-electron chi connectivity index (χ3n) is 4.29. The maximum atomic E-state index is 10.1. The Balaban J connectivity index is 1.38. The molecule has 1 N–H and O–H groups in total. The maximum absolute atomic E-state index is 10.1. The molecule has 1 saturated heterocycles. The Morgan fingerprint density at radius 1 is 1.57 bits per heavy atom. The SMILES string of the molecule is Cn1cnc2c1CCN(C[C@@H](O)COC[C@@H]1CCCO1)C2. The minimum Gasteiger partial charge on any atom is -0.389 e. The molecule has 2 aliphatic rings. The molecule has 0 bridgehead atoms. The zero-order valence-electron chi connectivity index (χ0n) is 12.7. The monoisotopic (exact) mass is 295 g/mol. The molecule has 1 aromatic heterocycles. The van der Waals surface area contributed by atoms with Crippen molar-refractivity contribution in [3.8, 4) is 0 Å². The molecule has 0 saturated carbocycles. The lowest BCUT2D eigenvalue weighted by Gasteiger charge is -2.28. The number of ether oxygens (including phenoxy) is 2. The summed E-state index contributed by atoms with van der Waals surface area (Å²) in [6, 6.07) is 0. The molecule has 6 nitrogen and oxygen atoms in total. The second kappa shape index (κ2) is 6.87. The lowest BCUT2D eigenvalue weighted by molar-refractivity contribution is -0.0262.